The smallest absolute Gasteiger partial charge is 0.0631 e. The number of hydrogen-bond donors (Lipinski definition) is 0. The normalized spacial score (nSPS) is 13.5. The minimum absolute atomic E-state index is 0.102. The number of nitriles is 1. The number of nitrogens with zero attached hydrogens (tertiary/aromatic N) is 1. The summed E-state index contributed by atoms with van der Waals surface area (Å²) in [7, 11) is 0. The molecule has 0 aromatic carbocycles. The highest BCUT2D eigenvalue weighted by Crippen LogP contribution is 2.35. The summed E-state index contributed by atoms with van der Waals surface area (Å²) in [5.41, 5.74) is 3.58. The lowest BCUT2D eigenvalue weighted by molar-refractivity contribution is 0.369. The maximum Gasteiger partial charge on any atom is 0.0631 e. The van der Waals surface area contributed by atoms with E-state index in [-0.39, 0.29) is 5.41 Å². The lowest BCUT2D eigenvalue weighted by Gasteiger charge is -2.27. The summed E-state index contributed by atoms with van der Waals surface area (Å²) >= 11 is 0. The Morgan fingerprint density at radius 3 is 2.64 bits per heavy atom. The lowest BCUT2D eigenvalue weighted by Crippen LogP contribution is -2.17. The van der Waals surface area contributed by atoms with Crippen LogP contribution in [0.1, 0.15) is 39.5 Å². The fourth-order valence-electron chi connectivity index (χ4n) is 1.40. The van der Waals surface area contributed by atoms with E-state index >= 15 is 0 Å². The van der Waals surface area contributed by atoms with Gasteiger partial charge in [0, 0.05) is 11.8 Å². The van der Waals surface area contributed by atoms with Crippen LogP contribution in [0.3, 0.4) is 0 Å². The maximum absolute atomic E-state index is 8.78. The van der Waals surface area contributed by atoms with Crippen LogP contribution in [0.5, 0.6) is 0 Å². The molecule has 14 heavy (non-hydrogen) atoms. The molecule has 0 radical (unpaired) electrons. The Morgan fingerprint density at radius 2 is 2.21 bits per heavy atom. The molecule has 0 rings (SSSR count). The predicted octanol–water partition coefficient (Wildman–Crippen LogP) is 3.99. The summed E-state index contributed by atoms with van der Waals surface area (Å²) < 4.78 is 0. The minimum atomic E-state index is -0.102. The van der Waals surface area contributed by atoms with Gasteiger partial charge in [0.05, 0.1) is 6.07 Å². The van der Waals surface area contributed by atoms with E-state index < -0.39 is 0 Å². The molecule has 0 heterocycles. The van der Waals surface area contributed by atoms with Crippen molar-refractivity contribution in [3.05, 3.63) is 30.5 Å². The van der Waals surface area contributed by atoms with Crippen LogP contribution in [-0.4, -0.2) is 0 Å². The molecule has 1 unspecified atom stereocenters. The Labute approximate surface area is 87.4 Å². The molecule has 0 aliphatic heterocycles. The molecule has 0 aliphatic rings. The molecule has 0 aliphatic carbocycles. The Morgan fingerprint density at radius 1 is 1.57 bits per heavy atom. The van der Waals surface area contributed by atoms with Crippen LogP contribution in [0.15, 0.2) is 30.5 Å². The van der Waals surface area contributed by atoms with E-state index in [1.165, 1.54) is 0 Å². The number of unbranched alkanes of at least 4 members (excludes halogenated alkanes) is 1. The van der Waals surface area contributed by atoms with Crippen LogP contribution in [0, 0.1) is 16.7 Å². The lowest BCUT2D eigenvalue weighted by atomic mass is 9.76. The second kappa shape index (κ2) is 6.24. The molecule has 0 saturated heterocycles. The molecule has 0 N–H and O–H groups in total. The van der Waals surface area contributed by atoms with E-state index in [2.05, 4.69) is 38.8 Å². The van der Waals surface area contributed by atoms with Crippen molar-refractivity contribution in [2.45, 2.75) is 39.5 Å². The minimum Gasteiger partial charge on any atom is -0.198 e. The van der Waals surface area contributed by atoms with Crippen molar-refractivity contribution in [2.75, 3.05) is 0 Å². The number of hydrogen-bond acceptors (Lipinski definition) is 1. The Kier molecular flexibility index (Phi) is 5.68. The van der Waals surface area contributed by atoms with Gasteiger partial charge in [0.15, 0.2) is 0 Å². The zero-order valence-corrected chi connectivity index (χ0v) is 9.27. The van der Waals surface area contributed by atoms with Gasteiger partial charge in [-0.2, -0.15) is 5.26 Å². The van der Waals surface area contributed by atoms with E-state index in [1.54, 1.807) is 6.08 Å². The van der Waals surface area contributed by atoms with Crippen molar-refractivity contribution in [3.8, 4) is 6.07 Å². The van der Waals surface area contributed by atoms with Crippen molar-refractivity contribution >= 4 is 0 Å². The van der Waals surface area contributed by atoms with Crippen LogP contribution < -0.4 is 0 Å². The highest BCUT2D eigenvalue weighted by molar-refractivity contribution is 5.23. The van der Waals surface area contributed by atoms with Gasteiger partial charge >= 0.3 is 0 Å². The van der Waals surface area contributed by atoms with Gasteiger partial charge in [0.1, 0.15) is 0 Å². The second-order valence-corrected chi connectivity index (χ2v) is 3.87. The van der Waals surface area contributed by atoms with E-state index in [0.717, 1.165) is 24.8 Å². The summed E-state index contributed by atoms with van der Waals surface area (Å²) in [5, 5.41) is 8.78. The van der Waals surface area contributed by atoms with Gasteiger partial charge in [0.2, 0.25) is 0 Å². The molecule has 0 spiro atoms. The average Bonchev–Trinajstić information content (AvgIpc) is 2.15. The largest absolute Gasteiger partial charge is 0.198 e. The first-order valence-corrected chi connectivity index (χ1v) is 5.03. The highest BCUT2D eigenvalue weighted by atomic mass is 14.3. The maximum atomic E-state index is 8.78. The van der Waals surface area contributed by atoms with Gasteiger partial charge in [-0.05, 0) is 18.1 Å². The van der Waals surface area contributed by atoms with Gasteiger partial charge in [-0.1, -0.05) is 39.8 Å². The highest BCUT2D eigenvalue weighted by Gasteiger charge is 2.25. The zero-order chi connectivity index (χ0) is 11.0. The predicted molar refractivity (Wildman–Crippen MR) is 60.7 cm³/mol. The van der Waals surface area contributed by atoms with Crippen LogP contribution in [-0.2, 0) is 0 Å². The van der Waals surface area contributed by atoms with Crippen molar-refractivity contribution < 1.29 is 0 Å². The van der Waals surface area contributed by atoms with Gasteiger partial charge in [-0.25, -0.2) is 0 Å². The number of rotatable bonds is 6. The third kappa shape index (κ3) is 3.64. The summed E-state index contributed by atoms with van der Waals surface area (Å²) in [5.74, 6) is 0. The van der Waals surface area contributed by atoms with Gasteiger partial charge in [0.25, 0.3) is 0 Å². The van der Waals surface area contributed by atoms with E-state index in [9.17, 15) is 0 Å². The first-order valence-electron chi connectivity index (χ1n) is 5.03. The average molecular weight is 189 g/mol. The summed E-state index contributed by atoms with van der Waals surface area (Å²) in [6.45, 7) is 11.7. The first-order chi connectivity index (χ1) is 6.60. The van der Waals surface area contributed by atoms with Crippen LogP contribution in [0.2, 0.25) is 0 Å². The molecule has 0 aromatic heterocycles. The molecule has 1 atom stereocenters. The molecule has 0 amide bonds. The Hall–Kier alpha value is -1.25. The quantitative estimate of drug-likeness (QED) is 0.457. The summed E-state index contributed by atoms with van der Waals surface area (Å²) in [6, 6.07) is 2.23. The number of allylic oxidation sites excluding steroid dienone is 2. The Bertz CT molecular complexity index is 276. The van der Waals surface area contributed by atoms with Gasteiger partial charge in [-0.15, -0.1) is 5.73 Å². The first kappa shape index (κ1) is 12.8. The molecule has 0 saturated carbocycles. The van der Waals surface area contributed by atoms with Crippen LogP contribution in [0.4, 0.5) is 0 Å². The zero-order valence-electron chi connectivity index (χ0n) is 9.27. The van der Waals surface area contributed by atoms with Crippen molar-refractivity contribution in [1.82, 2.24) is 0 Å². The van der Waals surface area contributed by atoms with Crippen molar-refractivity contribution in [3.63, 3.8) is 0 Å². The van der Waals surface area contributed by atoms with Crippen molar-refractivity contribution in [2.24, 2.45) is 5.41 Å². The molecule has 76 valence electrons. The molecule has 0 bridgehead atoms. The standard InChI is InChI=1S/C13H19N/c1-5-7-9-13(4,10-11-14)12(3)8-6-2/h8H,2-3,5,7,9-10H2,1,4H3. The van der Waals surface area contributed by atoms with Crippen molar-refractivity contribution in [1.29, 1.82) is 5.26 Å². The molecule has 0 aromatic rings. The van der Waals surface area contributed by atoms with Gasteiger partial charge in [-0.3, -0.25) is 0 Å². The van der Waals surface area contributed by atoms with Crippen LogP contribution in [0.25, 0.3) is 0 Å². The molecular weight excluding hydrogens is 170 g/mol. The molecular formula is C13H19N. The fourth-order valence-corrected chi connectivity index (χ4v) is 1.40. The van der Waals surface area contributed by atoms with Gasteiger partial charge < -0.3 is 0 Å². The summed E-state index contributed by atoms with van der Waals surface area (Å²) in [6.07, 6.45) is 5.58. The second-order valence-electron chi connectivity index (χ2n) is 3.87. The Balaban J connectivity index is 4.61. The molecule has 1 heteroatoms. The van der Waals surface area contributed by atoms with Crippen LogP contribution >= 0.6 is 0 Å². The third-order valence-electron chi connectivity index (χ3n) is 2.60. The topological polar surface area (TPSA) is 23.8 Å². The molecule has 0 fully saturated rings. The SMILES string of the molecule is C=C=CC(=C)C(C)(CC#N)CCCC. The monoisotopic (exact) mass is 189 g/mol. The van der Waals surface area contributed by atoms with E-state index in [0.29, 0.717) is 6.42 Å². The van der Waals surface area contributed by atoms with E-state index in [4.69, 9.17) is 5.26 Å². The third-order valence-corrected chi connectivity index (χ3v) is 2.60. The summed E-state index contributed by atoms with van der Waals surface area (Å²) in [4.78, 5) is 0. The fraction of sp³-hybridized carbons (Fsp3) is 0.538. The molecule has 1 nitrogen and oxygen atoms in total. The van der Waals surface area contributed by atoms with E-state index in [1.807, 2.05) is 0 Å².